The van der Waals surface area contributed by atoms with Crippen LogP contribution in [0, 0.1) is 11.8 Å². The first-order valence-corrected chi connectivity index (χ1v) is 8.51. The van der Waals surface area contributed by atoms with Gasteiger partial charge in [0.15, 0.2) is 0 Å². The van der Waals surface area contributed by atoms with Gasteiger partial charge in [-0.3, -0.25) is 4.79 Å². The van der Waals surface area contributed by atoms with Gasteiger partial charge in [0.1, 0.15) is 4.88 Å². The molecule has 0 radical (unpaired) electrons. The predicted molar refractivity (Wildman–Crippen MR) is 82.8 cm³/mol. The molecule has 1 aromatic heterocycles. The Morgan fingerprint density at radius 2 is 2.37 bits per heavy atom. The maximum atomic E-state index is 12.0. The summed E-state index contributed by atoms with van der Waals surface area (Å²) in [6.07, 6.45) is 4.64. The van der Waals surface area contributed by atoms with Crippen molar-refractivity contribution in [3.63, 3.8) is 0 Å². The van der Waals surface area contributed by atoms with Crippen LogP contribution in [0.1, 0.15) is 34.5 Å². The van der Waals surface area contributed by atoms with Crippen molar-refractivity contribution in [1.82, 2.24) is 5.32 Å². The van der Waals surface area contributed by atoms with E-state index in [4.69, 9.17) is 5.11 Å². The largest absolute Gasteiger partial charge is 0.395 e. The van der Waals surface area contributed by atoms with E-state index < -0.39 is 0 Å². The van der Waals surface area contributed by atoms with Crippen LogP contribution in [0.2, 0.25) is 0 Å². The Labute approximate surface area is 122 Å². The summed E-state index contributed by atoms with van der Waals surface area (Å²) in [6.45, 7) is 0.759. The molecule has 1 aromatic rings. The minimum Gasteiger partial charge on any atom is -0.395 e. The monoisotopic (exact) mass is 297 g/mol. The third-order valence-electron chi connectivity index (χ3n) is 2.39. The molecule has 0 unspecified atom stereocenters. The van der Waals surface area contributed by atoms with Crippen LogP contribution in [0.4, 0.5) is 0 Å². The number of thiophene rings is 1. The lowest BCUT2D eigenvalue weighted by Gasteiger charge is -2.03. The van der Waals surface area contributed by atoms with Crippen molar-refractivity contribution in [3.05, 3.63) is 21.9 Å². The Balaban J connectivity index is 2.44. The number of hydrogen-bond acceptors (Lipinski definition) is 4. The van der Waals surface area contributed by atoms with Crippen LogP contribution in [0.5, 0.6) is 0 Å². The smallest absolute Gasteiger partial charge is 0.262 e. The van der Waals surface area contributed by atoms with E-state index >= 15 is 0 Å². The van der Waals surface area contributed by atoms with Gasteiger partial charge in [-0.2, -0.15) is 11.8 Å². The van der Waals surface area contributed by atoms with Gasteiger partial charge in [0.2, 0.25) is 0 Å². The number of amides is 1. The summed E-state index contributed by atoms with van der Waals surface area (Å²) >= 11 is 3.23. The van der Waals surface area contributed by atoms with Crippen molar-refractivity contribution < 1.29 is 9.90 Å². The first-order chi connectivity index (χ1) is 9.29. The highest BCUT2D eigenvalue weighted by Crippen LogP contribution is 2.15. The molecule has 19 heavy (non-hydrogen) atoms. The molecule has 0 atom stereocenters. The van der Waals surface area contributed by atoms with Crippen LogP contribution in [-0.4, -0.2) is 36.2 Å². The second-order valence-corrected chi connectivity index (χ2v) is 5.80. The van der Waals surface area contributed by atoms with Crippen molar-refractivity contribution >= 4 is 29.0 Å². The van der Waals surface area contributed by atoms with Crippen molar-refractivity contribution in [3.8, 4) is 11.8 Å². The lowest BCUT2D eigenvalue weighted by atomic mass is 10.2. The molecular formula is C14H19NO2S2. The van der Waals surface area contributed by atoms with E-state index in [0.717, 1.165) is 24.2 Å². The summed E-state index contributed by atoms with van der Waals surface area (Å²) in [7, 11) is 0. The molecule has 0 spiro atoms. The van der Waals surface area contributed by atoms with E-state index in [1.165, 1.54) is 11.3 Å². The van der Waals surface area contributed by atoms with E-state index in [0.29, 0.717) is 17.8 Å². The minimum absolute atomic E-state index is 0.0487. The fourth-order valence-corrected chi connectivity index (χ4v) is 2.71. The molecule has 0 aromatic carbocycles. The Morgan fingerprint density at radius 1 is 1.53 bits per heavy atom. The van der Waals surface area contributed by atoms with Gasteiger partial charge in [0, 0.05) is 18.5 Å². The first-order valence-electron chi connectivity index (χ1n) is 6.24. The molecule has 0 saturated heterocycles. The molecule has 1 heterocycles. The highest BCUT2D eigenvalue weighted by Gasteiger charge is 2.10. The Morgan fingerprint density at radius 3 is 3.11 bits per heavy atom. The van der Waals surface area contributed by atoms with Crippen molar-refractivity contribution in [1.29, 1.82) is 0 Å². The van der Waals surface area contributed by atoms with E-state index in [2.05, 4.69) is 23.4 Å². The summed E-state index contributed by atoms with van der Waals surface area (Å²) < 4.78 is 0. The summed E-state index contributed by atoms with van der Waals surface area (Å²) in [5, 5.41) is 13.5. The standard InChI is InChI=1S/C14H19NO2S2/c1-18-10-5-3-8-15-14(17)13-12(7-11-19-13)6-2-4-9-16/h7,11,16H,3-5,8-10H2,1H3,(H,15,17). The van der Waals surface area contributed by atoms with E-state index in [9.17, 15) is 4.79 Å². The van der Waals surface area contributed by atoms with Crippen LogP contribution in [0.3, 0.4) is 0 Å². The molecular weight excluding hydrogens is 278 g/mol. The number of carbonyl (C=O) groups is 1. The average molecular weight is 297 g/mol. The van der Waals surface area contributed by atoms with E-state index in [1.54, 1.807) is 0 Å². The molecule has 1 amide bonds. The average Bonchev–Trinajstić information content (AvgIpc) is 2.87. The number of unbranched alkanes of at least 4 members (excludes halogenated alkanes) is 1. The molecule has 0 bridgehead atoms. The second kappa shape index (κ2) is 9.90. The number of rotatable bonds is 7. The van der Waals surface area contributed by atoms with Crippen molar-refractivity contribution in [2.45, 2.75) is 19.3 Å². The Bertz CT molecular complexity index is 446. The molecule has 0 fully saturated rings. The molecule has 2 N–H and O–H groups in total. The summed E-state index contributed by atoms with van der Waals surface area (Å²) in [6, 6.07) is 1.84. The fourth-order valence-electron chi connectivity index (χ4n) is 1.45. The quantitative estimate of drug-likeness (QED) is 0.600. The van der Waals surface area contributed by atoms with Crippen LogP contribution in [0.25, 0.3) is 0 Å². The highest BCUT2D eigenvalue weighted by atomic mass is 32.2. The number of thioether (sulfide) groups is 1. The second-order valence-electron chi connectivity index (χ2n) is 3.89. The van der Waals surface area contributed by atoms with Gasteiger partial charge < -0.3 is 10.4 Å². The van der Waals surface area contributed by atoms with Gasteiger partial charge in [-0.05, 0) is 36.3 Å². The van der Waals surface area contributed by atoms with Gasteiger partial charge in [0.25, 0.3) is 5.91 Å². The van der Waals surface area contributed by atoms with Crippen LogP contribution in [0.15, 0.2) is 11.4 Å². The lowest BCUT2D eigenvalue weighted by Crippen LogP contribution is -2.24. The SMILES string of the molecule is CSCCCCNC(=O)c1sccc1C#CCCO. The molecule has 0 aliphatic carbocycles. The molecule has 0 aliphatic heterocycles. The normalized spacial score (nSPS) is 9.79. The highest BCUT2D eigenvalue weighted by molar-refractivity contribution is 7.98. The van der Waals surface area contributed by atoms with Crippen LogP contribution >= 0.6 is 23.1 Å². The zero-order chi connectivity index (χ0) is 13.9. The maximum Gasteiger partial charge on any atom is 0.262 e. The van der Waals surface area contributed by atoms with Gasteiger partial charge in [-0.1, -0.05) is 11.8 Å². The van der Waals surface area contributed by atoms with Crippen LogP contribution < -0.4 is 5.32 Å². The number of hydrogen-bond donors (Lipinski definition) is 2. The molecule has 3 nitrogen and oxygen atoms in total. The summed E-state index contributed by atoms with van der Waals surface area (Å²) in [4.78, 5) is 12.6. The molecule has 1 rings (SSSR count). The molecule has 0 saturated carbocycles. The lowest BCUT2D eigenvalue weighted by molar-refractivity contribution is 0.0957. The van der Waals surface area contributed by atoms with Gasteiger partial charge in [-0.15, -0.1) is 11.3 Å². The Kier molecular flexibility index (Phi) is 8.39. The topological polar surface area (TPSA) is 49.3 Å². The fraction of sp³-hybridized carbons (Fsp3) is 0.500. The van der Waals surface area contributed by atoms with Crippen molar-refractivity contribution in [2.75, 3.05) is 25.2 Å². The van der Waals surface area contributed by atoms with Crippen LogP contribution in [-0.2, 0) is 0 Å². The zero-order valence-electron chi connectivity index (χ0n) is 11.1. The molecule has 5 heteroatoms. The third-order valence-corrected chi connectivity index (χ3v) is 4.00. The predicted octanol–water partition coefficient (Wildman–Crippen LogP) is 2.36. The number of carbonyl (C=O) groups excluding carboxylic acids is 1. The minimum atomic E-state index is -0.0487. The molecule has 0 aliphatic rings. The van der Waals surface area contributed by atoms with E-state index in [-0.39, 0.29) is 12.5 Å². The zero-order valence-corrected chi connectivity index (χ0v) is 12.7. The number of aliphatic hydroxyl groups excluding tert-OH is 1. The third kappa shape index (κ3) is 6.15. The number of aliphatic hydroxyl groups is 1. The first kappa shape index (κ1) is 16.1. The van der Waals surface area contributed by atoms with Gasteiger partial charge >= 0.3 is 0 Å². The maximum absolute atomic E-state index is 12.0. The summed E-state index contributed by atoms with van der Waals surface area (Å²) in [5.41, 5.74) is 0.750. The van der Waals surface area contributed by atoms with Gasteiger partial charge in [-0.25, -0.2) is 0 Å². The van der Waals surface area contributed by atoms with Gasteiger partial charge in [0.05, 0.1) is 6.61 Å². The summed E-state index contributed by atoms with van der Waals surface area (Å²) in [5.74, 6) is 6.85. The van der Waals surface area contributed by atoms with E-state index in [1.807, 2.05) is 23.2 Å². The number of nitrogens with one attached hydrogen (secondary N) is 1. The molecule has 104 valence electrons. The van der Waals surface area contributed by atoms with Crippen molar-refractivity contribution in [2.24, 2.45) is 0 Å². The Hall–Kier alpha value is -0.960.